The number of hydrogen-bond donors (Lipinski definition) is 1. The molecule has 0 saturated carbocycles. The highest BCUT2D eigenvalue weighted by Crippen LogP contribution is 2.36. The molecule has 0 aliphatic rings. The van der Waals surface area contributed by atoms with Crippen LogP contribution in [-0.4, -0.2) is 24.3 Å². The molecule has 0 fully saturated rings. The first kappa shape index (κ1) is 17.3. The Kier molecular flexibility index (Phi) is 5.98. The fourth-order valence-corrected chi connectivity index (χ4v) is 3.12. The molecule has 0 aliphatic heterocycles. The Morgan fingerprint density at radius 3 is 2.57 bits per heavy atom. The minimum Gasteiger partial charge on any atom is -0.494 e. The van der Waals surface area contributed by atoms with Crippen LogP contribution in [0.4, 0.5) is 0 Å². The number of furan rings is 1. The van der Waals surface area contributed by atoms with E-state index < -0.39 is 5.97 Å². The Labute approximate surface area is 139 Å². The van der Waals surface area contributed by atoms with Crippen LogP contribution < -0.4 is 9.47 Å². The van der Waals surface area contributed by atoms with Crippen molar-refractivity contribution in [2.75, 3.05) is 13.2 Å². The minimum atomic E-state index is -1.06. The predicted octanol–water partition coefficient (Wildman–Crippen LogP) is 4.38. The van der Waals surface area contributed by atoms with Crippen molar-refractivity contribution in [2.24, 2.45) is 0 Å². The number of ether oxygens (including phenoxy) is 2. The number of aromatic carboxylic acids is 1. The Morgan fingerprint density at radius 2 is 1.96 bits per heavy atom. The topological polar surface area (TPSA) is 68.9 Å². The maximum absolute atomic E-state index is 11.0. The molecule has 6 heteroatoms. The summed E-state index contributed by atoms with van der Waals surface area (Å²) in [5.74, 6) is 1.70. The molecule has 0 bridgehead atoms. The SMILES string of the molecule is CCOc1ccc(OCC)c(SCc2cc(C(=O)O)oc2C)c1. The summed E-state index contributed by atoms with van der Waals surface area (Å²) in [5.41, 5.74) is 0.858. The lowest BCUT2D eigenvalue weighted by atomic mass is 10.3. The number of carboxylic acid groups (broad SMARTS) is 1. The highest BCUT2D eigenvalue weighted by molar-refractivity contribution is 7.98. The molecule has 23 heavy (non-hydrogen) atoms. The van der Waals surface area contributed by atoms with Gasteiger partial charge >= 0.3 is 5.97 Å². The number of rotatable bonds is 8. The van der Waals surface area contributed by atoms with E-state index in [2.05, 4.69) is 0 Å². The molecule has 2 rings (SSSR count). The van der Waals surface area contributed by atoms with Crippen molar-refractivity contribution in [3.8, 4) is 11.5 Å². The van der Waals surface area contributed by atoms with Crippen LogP contribution in [0.5, 0.6) is 11.5 Å². The number of carbonyl (C=O) groups is 1. The molecule has 0 radical (unpaired) electrons. The number of aryl methyl sites for hydroxylation is 1. The summed E-state index contributed by atoms with van der Waals surface area (Å²) in [4.78, 5) is 11.9. The minimum absolute atomic E-state index is 0.0359. The molecule has 0 atom stereocenters. The summed E-state index contributed by atoms with van der Waals surface area (Å²) >= 11 is 1.56. The molecule has 1 aromatic heterocycles. The number of benzene rings is 1. The summed E-state index contributed by atoms with van der Waals surface area (Å²) in [6, 6.07) is 7.27. The van der Waals surface area contributed by atoms with E-state index >= 15 is 0 Å². The van der Waals surface area contributed by atoms with Crippen molar-refractivity contribution in [3.05, 3.63) is 41.3 Å². The summed E-state index contributed by atoms with van der Waals surface area (Å²) in [7, 11) is 0. The smallest absolute Gasteiger partial charge is 0.371 e. The zero-order valence-corrected chi connectivity index (χ0v) is 14.2. The van der Waals surface area contributed by atoms with Crippen LogP contribution in [-0.2, 0) is 5.75 Å². The van der Waals surface area contributed by atoms with Gasteiger partial charge in [0.2, 0.25) is 5.76 Å². The third-order valence-electron chi connectivity index (χ3n) is 3.14. The zero-order valence-electron chi connectivity index (χ0n) is 13.4. The molecule has 0 spiro atoms. The van der Waals surface area contributed by atoms with E-state index in [9.17, 15) is 4.79 Å². The van der Waals surface area contributed by atoms with Gasteiger partial charge in [-0.1, -0.05) is 0 Å². The van der Waals surface area contributed by atoms with Gasteiger partial charge in [-0.15, -0.1) is 11.8 Å². The summed E-state index contributed by atoms with van der Waals surface area (Å²) < 4.78 is 16.4. The van der Waals surface area contributed by atoms with Crippen molar-refractivity contribution in [3.63, 3.8) is 0 Å². The second kappa shape index (κ2) is 7.97. The van der Waals surface area contributed by atoms with Crippen LogP contribution in [0.3, 0.4) is 0 Å². The zero-order chi connectivity index (χ0) is 16.8. The molecule has 1 N–H and O–H groups in total. The van der Waals surface area contributed by atoms with Gasteiger partial charge in [-0.05, 0) is 45.0 Å². The standard InChI is InChI=1S/C17H20O5S/c1-4-20-13-6-7-14(21-5-2)16(9-13)23-10-12-8-15(17(18)19)22-11(12)3/h6-9H,4-5,10H2,1-3H3,(H,18,19). The maximum Gasteiger partial charge on any atom is 0.371 e. The van der Waals surface area contributed by atoms with E-state index in [4.69, 9.17) is 19.0 Å². The van der Waals surface area contributed by atoms with Crippen LogP contribution >= 0.6 is 11.8 Å². The first-order valence-electron chi connectivity index (χ1n) is 7.40. The third-order valence-corrected chi connectivity index (χ3v) is 4.23. The average molecular weight is 336 g/mol. The van der Waals surface area contributed by atoms with Crippen LogP contribution in [0.1, 0.15) is 35.7 Å². The predicted molar refractivity (Wildman–Crippen MR) is 88.7 cm³/mol. The molecule has 124 valence electrons. The fraction of sp³-hybridized carbons (Fsp3) is 0.353. The van der Waals surface area contributed by atoms with Gasteiger partial charge in [0.15, 0.2) is 0 Å². The van der Waals surface area contributed by atoms with E-state index in [0.29, 0.717) is 24.7 Å². The first-order valence-corrected chi connectivity index (χ1v) is 8.38. The molecule has 0 amide bonds. The Balaban J connectivity index is 2.17. The maximum atomic E-state index is 11.0. The van der Waals surface area contributed by atoms with Crippen LogP contribution in [0.25, 0.3) is 0 Å². The van der Waals surface area contributed by atoms with E-state index in [1.54, 1.807) is 24.8 Å². The van der Waals surface area contributed by atoms with Crippen LogP contribution in [0.2, 0.25) is 0 Å². The number of hydrogen-bond acceptors (Lipinski definition) is 5. The summed E-state index contributed by atoms with van der Waals surface area (Å²) in [6.07, 6.45) is 0. The van der Waals surface area contributed by atoms with E-state index in [-0.39, 0.29) is 5.76 Å². The largest absolute Gasteiger partial charge is 0.494 e. The Morgan fingerprint density at radius 1 is 1.22 bits per heavy atom. The fourth-order valence-electron chi connectivity index (χ4n) is 2.06. The second-order valence-electron chi connectivity index (χ2n) is 4.76. The van der Waals surface area contributed by atoms with Crippen molar-refractivity contribution in [1.29, 1.82) is 0 Å². The molecule has 1 aromatic carbocycles. The van der Waals surface area contributed by atoms with Crippen LogP contribution in [0.15, 0.2) is 33.6 Å². The summed E-state index contributed by atoms with van der Waals surface area (Å²) in [6.45, 7) is 6.81. The van der Waals surface area contributed by atoms with Gasteiger partial charge in [-0.3, -0.25) is 0 Å². The molecule has 0 saturated heterocycles. The van der Waals surface area contributed by atoms with Crippen molar-refractivity contribution < 1.29 is 23.8 Å². The molecular formula is C17H20O5S. The second-order valence-corrected chi connectivity index (χ2v) is 5.78. The first-order chi connectivity index (χ1) is 11.0. The van der Waals surface area contributed by atoms with E-state index in [0.717, 1.165) is 22.0 Å². The van der Waals surface area contributed by atoms with Gasteiger partial charge < -0.3 is 19.0 Å². The van der Waals surface area contributed by atoms with Gasteiger partial charge in [-0.25, -0.2) is 4.79 Å². The third kappa shape index (κ3) is 4.45. The quantitative estimate of drug-likeness (QED) is 0.722. The van der Waals surface area contributed by atoms with Gasteiger partial charge in [0.05, 0.1) is 18.1 Å². The summed E-state index contributed by atoms with van der Waals surface area (Å²) in [5, 5.41) is 8.98. The lowest BCUT2D eigenvalue weighted by Gasteiger charge is -2.12. The average Bonchev–Trinajstić information content (AvgIpc) is 2.89. The molecule has 1 heterocycles. The lowest BCUT2D eigenvalue weighted by Crippen LogP contribution is -1.96. The monoisotopic (exact) mass is 336 g/mol. The highest BCUT2D eigenvalue weighted by atomic mass is 32.2. The molecule has 0 aliphatic carbocycles. The Bertz CT molecular complexity index is 678. The van der Waals surface area contributed by atoms with Crippen molar-refractivity contribution >= 4 is 17.7 Å². The molecule has 2 aromatic rings. The normalized spacial score (nSPS) is 10.6. The van der Waals surface area contributed by atoms with Gasteiger partial charge in [0.25, 0.3) is 0 Å². The van der Waals surface area contributed by atoms with Crippen molar-refractivity contribution in [2.45, 2.75) is 31.4 Å². The number of carboxylic acids is 1. The molecule has 5 nitrogen and oxygen atoms in total. The highest BCUT2D eigenvalue weighted by Gasteiger charge is 2.14. The van der Waals surface area contributed by atoms with Gasteiger partial charge in [0.1, 0.15) is 17.3 Å². The van der Waals surface area contributed by atoms with Crippen molar-refractivity contribution in [1.82, 2.24) is 0 Å². The number of thioether (sulfide) groups is 1. The van der Waals surface area contributed by atoms with E-state index in [1.165, 1.54) is 0 Å². The Hall–Kier alpha value is -2.08. The lowest BCUT2D eigenvalue weighted by molar-refractivity contribution is 0.0661. The van der Waals surface area contributed by atoms with Crippen LogP contribution in [0, 0.1) is 6.92 Å². The van der Waals surface area contributed by atoms with Gasteiger partial charge in [0, 0.05) is 11.3 Å². The molecular weight excluding hydrogens is 316 g/mol. The van der Waals surface area contributed by atoms with Gasteiger partial charge in [-0.2, -0.15) is 0 Å². The molecule has 0 unspecified atom stereocenters. The van der Waals surface area contributed by atoms with E-state index in [1.807, 2.05) is 32.0 Å².